The van der Waals surface area contributed by atoms with Crippen LogP contribution in [0, 0.1) is 0 Å². The predicted molar refractivity (Wildman–Crippen MR) is 97.9 cm³/mol. The fraction of sp³-hybridized carbons (Fsp3) is 0.500. The number of hydrogen-bond donors (Lipinski definition) is 1. The molecule has 1 aliphatic heterocycles. The van der Waals surface area contributed by atoms with Crippen LogP contribution in [0.3, 0.4) is 0 Å². The Balaban J connectivity index is 1.90. The van der Waals surface area contributed by atoms with E-state index in [0.29, 0.717) is 24.5 Å². The van der Waals surface area contributed by atoms with Crippen LogP contribution in [0.25, 0.3) is 10.9 Å². The second-order valence-electron chi connectivity index (χ2n) is 6.52. The number of rotatable bonds is 6. The summed E-state index contributed by atoms with van der Waals surface area (Å²) in [5.41, 5.74) is 0.861. The van der Waals surface area contributed by atoms with Gasteiger partial charge in [0.2, 0.25) is 15.9 Å². The van der Waals surface area contributed by atoms with Gasteiger partial charge in [-0.05, 0) is 50.5 Å². The highest BCUT2D eigenvalue weighted by Crippen LogP contribution is 2.26. The molecule has 1 aromatic carbocycles. The number of benzene rings is 1. The summed E-state index contributed by atoms with van der Waals surface area (Å²) in [5.74, 6) is -0.0342. The lowest BCUT2D eigenvalue weighted by molar-refractivity contribution is -0.123. The van der Waals surface area contributed by atoms with Gasteiger partial charge in [-0.1, -0.05) is 6.92 Å². The summed E-state index contributed by atoms with van der Waals surface area (Å²) in [6, 6.07) is 6.66. The van der Waals surface area contributed by atoms with Crippen LogP contribution in [0.15, 0.2) is 35.4 Å². The summed E-state index contributed by atoms with van der Waals surface area (Å²) < 4.78 is 28.8. The normalized spacial score (nSPS) is 17.0. The highest BCUT2D eigenvalue weighted by atomic mass is 32.2. The summed E-state index contributed by atoms with van der Waals surface area (Å²) in [4.78, 5) is 12.5. The van der Waals surface area contributed by atoms with Crippen molar-refractivity contribution in [2.24, 2.45) is 0 Å². The lowest BCUT2D eigenvalue weighted by Crippen LogP contribution is -2.31. The van der Waals surface area contributed by atoms with Gasteiger partial charge in [-0.15, -0.1) is 0 Å². The van der Waals surface area contributed by atoms with Crippen LogP contribution in [0.5, 0.6) is 0 Å². The van der Waals surface area contributed by atoms with E-state index in [-0.39, 0.29) is 11.9 Å². The number of aromatic nitrogens is 1. The number of hydrogen-bond acceptors (Lipinski definition) is 3. The maximum absolute atomic E-state index is 12.7. The highest BCUT2D eigenvalue weighted by Gasteiger charge is 2.27. The zero-order valence-corrected chi connectivity index (χ0v) is 15.6. The fourth-order valence-corrected chi connectivity index (χ4v) is 4.79. The minimum Gasteiger partial charge on any atom is -0.354 e. The number of nitrogens with zero attached hydrogens (tertiary/aromatic N) is 2. The number of fused-ring (bicyclic) bond motifs is 1. The van der Waals surface area contributed by atoms with Crippen LogP contribution in [0.1, 0.15) is 39.2 Å². The molecule has 6 nitrogen and oxygen atoms in total. The molecule has 0 aliphatic carbocycles. The fourth-order valence-electron chi connectivity index (χ4n) is 3.24. The molecule has 1 saturated heterocycles. The van der Waals surface area contributed by atoms with Crippen LogP contribution in [-0.4, -0.2) is 42.8 Å². The number of carbonyl (C=O) groups is 1. The van der Waals surface area contributed by atoms with E-state index in [2.05, 4.69) is 5.32 Å². The van der Waals surface area contributed by atoms with E-state index < -0.39 is 10.0 Å². The first-order valence-corrected chi connectivity index (χ1v) is 10.3. The Hall–Kier alpha value is -1.86. The molecular weight excluding hydrogens is 338 g/mol. The quantitative estimate of drug-likeness (QED) is 0.857. The summed E-state index contributed by atoms with van der Waals surface area (Å²) in [7, 11) is -3.42. The maximum atomic E-state index is 12.7. The van der Waals surface area contributed by atoms with Crippen LogP contribution >= 0.6 is 0 Å². The van der Waals surface area contributed by atoms with E-state index >= 15 is 0 Å². The number of carbonyl (C=O) groups excluding carboxylic acids is 1. The van der Waals surface area contributed by atoms with E-state index in [0.717, 1.165) is 30.2 Å². The van der Waals surface area contributed by atoms with Gasteiger partial charge in [-0.3, -0.25) is 4.79 Å². The average Bonchev–Trinajstić information content (AvgIpc) is 3.28. The predicted octanol–water partition coefficient (Wildman–Crippen LogP) is 2.51. The number of nitrogens with one attached hydrogen (secondary N) is 1. The van der Waals surface area contributed by atoms with E-state index in [1.807, 2.05) is 30.7 Å². The van der Waals surface area contributed by atoms with Crippen molar-refractivity contribution in [1.82, 2.24) is 14.2 Å². The average molecular weight is 363 g/mol. The molecule has 1 N–H and O–H groups in total. The van der Waals surface area contributed by atoms with Gasteiger partial charge in [0.15, 0.2) is 0 Å². The van der Waals surface area contributed by atoms with Crippen molar-refractivity contribution in [1.29, 1.82) is 0 Å². The molecule has 2 heterocycles. The molecule has 1 amide bonds. The lowest BCUT2D eigenvalue weighted by Gasteiger charge is -2.17. The van der Waals surface area contributed by atoms with E-state index in [1.165, 1.54) is 0 Å². The molecule has 0 spiro atoms. The van der Waals surface area contributed by atoms with Gasteiger partial charge >= 0.3 is 0 Å². The van der Waals surface area contributed by atoms with Gasteiger partial charge in [0.1, 0.15) is 6.04 Å². The van der Waals surface area contributed by atoms with Gasteiger partial charge in [-0.2, -0.15) is 4.31 Å². The largest absolute Gasteiger partial charge is 0.354 e. The van der Waals surface area contributed by atoms with Gasteiger partial charge in [0.25, 0.3) is 0 Å². The van der Waals surface area contributed by atoms with Crippen molar-refractivity contribution in [3.63, 3.8) is 0 Å². The van der Waals surface area contributed by atoms with Crippen molar-refractivity contribution in [2.45, 2.75) is 44.0 Å². The Bertz CT molecular complexity index is 867. The van der Waals surface area contributed by atoms with Gasteiger partial charge in [-0.25, -0.2) is 8.42 Å². The Morgan fingerprint density at radius 2 is 1.96 bits per heavy atom. The third-order valence-corrected chi connectivity index (χ3v) is 6.64. The minimum absolute atomic E-state index is 0.0342. The zero-order valence-electron chi connectivity index (χ0n) is 14.7. The first-order chi connectivity index (χ1) is 11.9. The summed E-state index contributed by atoms with van der Waals surface area (Å²) >= 11 is 0. The summed E-state index contributed by atoms with van der Waals surface area (Å²) in [5, 5.41) is 3.72. The van der Waals surface area contributed by atoms with Gasteiger partial charge in [0.05, 0.1) is 4.90 Å². The second-order valence-corrected chi connectivity index (χ2v) is 8.46. The van der Waals surface area contributed by atoms with Crippen LogP contribution < -0.4 is 5.32 Å². The van der Waals surface area contributed by atoms with Gasteiger partial charge < -0.3 is 9.88 Å². The smallest absolute Gasteiger partial charge is 0.243 e. The van der Waals surface area contributed by atoms with Crippen LogP contribution in [0.4, 0.5) is 0 Å². The van der Waals surface area contributed by atoms with E-state index in [1.54, 1.807) is 22.5 Å². The molecule has 0 radical (unpaired) electrons. The topological polar surface area (TPSA) is 71.4 Å². The molecule has 3 rings (SSSR count). The molecule has 0 bridgehead atoms. The lowest BCUT2D eigenvalue weighted by atomic mass is 10.2. The molecule has 1 atom stereocenters. The van der Waals surface area contributed by atoms with Gasteiger partial charge in [0, 0.05) is 36.7 Å². The highest BCUT2D eigenvalue weighted by molar-refractivity contribution is 7.89. The molecule has 136 valence electrons. The second kappa shape index (κ2) is 7.17. The van der Waals surface area contributed by atoms with Crippen molar-refractivity contribution < 1.29 is 13.2 Å². The summed E-state index contributed by atoms with van der Waals surface area (Å²) in [6.45, 7) is 5.70. The molecule has 25 heavy (non-hydrogen) atoms. The molecule has 1 aromatic heterocycles. The first kappa shape index (κ1) is 17.9. The number of amides is 1. The molecule has 0 saturated carbocycles. The standard InChI is InChI=1S/C18H25N3O3S/c1-3-9-19-18(22)14(2)21-12-8-15-13-16(6-7-17(15)21)25(23,24)20-10-4-5-11-20/h6-8,12-14H,3-5,9-11H2,1-2H3,(H,19,22). The Labute approximate surface area is 148 Å². The number of sulfonamides is 1. The molecule has 1 aliphatic rings. The van der Waals surface area contributed by atoms with E-state index in [9.17, 15) is 13.2 Å². The Kier molecular flexibility index (Phi) is 5.15. The Morgan fingerprint density at radius 1 is 1.24 bits per heavy atom. The van der Waals surface area contributed by atoms with Crippen LogP contribution in [-0.2, 0) is 14.8 Å². The van der Waals surface area contributed by atoms with E-state index in [4.69, 9.17) is 0 Å². The van der Waals surface area contributed by atoms with Crippen molar-refractivity contribution in [3.8, 4) is 0 Å². The molecular formula is C18H25N3O3S. The van der Waals surface area contributed by atoms with Crippen LogP contribution in [0.2, 0.25) is 0 Å². The third kappa shape index (κ3) is 3.43. The monoisotopic (exact) mass is 363 g/mol. The molecule has 1 unspecified atom stereocenters. The zero-order chi connectivity index (χ0) is 18.0. The minimum atomic E-state index is -3.42. The van der Waals surface area contributed by atoms with Crippen molar-refractivity contribution in [2.75, 3.05) is 19.6 Å². The Morgan fingerprint density at radius 3 is 2.64 bits per heavy atom. The first-order valence-electron chi connectivity index (χ1n) is 8.83. The maximum Gasteiger partial charge on any atom is 0.243 e. The van der Waals surface area contributed by atoms with Crippen molar-refractivity contribution >= 4 is 26.8 Å². The molecule has 2 aromatic rings. The summed E-state index contributed by atoms with van der Waals surface area (Å²) in [6.07, 6.45) is 4.57. The molecule has 1 fully saturated rings. The molecule has 7 heteroatoms. The third-order valence-electron chi connectivity index (χ3n) is 4.74. The van der Waals surface area contributed by atoms with Crippen molar-refractivity contribution in [3.05, 3.63) is 30.5 Å². The SMILES string of the molecule is CCCNC(=O)C(C)n1ccc2cc(S(=O)(=O)N3CCCC3)ccc21.